The number of benzene rings is 3. The number of rotatable bonds is 8. The molecule has 3 aromatic rings. The second-order valence-electron chi connectivity index (χ2n) is 8.27. The lowest BCUT2D eigenvalue weighted by atomic mass is 10.1. The van der Waals surface area contributed by atoms with Crippen molar-refractivity contribution in [1.29, 1.82) is 0 Å². The first-order chi connectivity index (χ1) is 17.7. The van der Waals surface area contributed by atoms with Crippen molar-refractivity contribution in [2.75, 3.05) is 11.9 Å². The van der Waals surface area contributed by atoms with Crippen molar-refractivity contribution in [3.63, 3.8) is 0 Å². The number of ether oxygens (including phenoxy) is 1. The summed E-state index contributed by atoms with van der Waals surface area (Å²) in [6.45, 7) is 1.77. The third kappa shape index (κ3) is 6.53. The number of amides is 4. The van der Waals surface area contributed by atoms with Crippen molar-refractivity contribution in [2.24, 2.45) is 0 Å². The van der Waals surface area contributed by atoms with Gasteiger partial charge in [-0.25, -0.2) is 14.5 Å². The standard InChI is InChI=1S/C27H22IN3O6/c1-16-2-9-20(10-3-16)29-24(32)14-31-25(33)22(30-27(31)36)13-18-6-11-23(21(28)12-18)37-15-17-4-7-19(8-5-17)26(34)35/h2-13H,14-15H2,1H3,(H,29,32)(H,30,36)(H,34,35)/b22-13+. The van der Waals surface area contributed by atoms with Crippen molar-refractivity contribution < 1.29 is 29.0 Å². The van der Waals surface area contributed by atoms with Crippen molar-refractivity contribution in [1.82, 2.24) is 10.2 Å². The largest absolute Gasteiger partial charge is 0.488 e. The van der Waals surface area contributed by atoms with E-state index in [4.69, 9.17) is 9.84 Å². The molecule has 0 unspecified atom stereocenters. The molecule has 1 fully saturated rings. The number of aryl methyl sites for hydroxylation is 1. The molecule has 37 heavy (non-hydrogen) atoms. The highest BCUT2D eigenvalue weighted by Crippen LogP contribution is 2.25. The molecule has 0 atom stereocenters. The fourth-order valence-corrected chi connectivity index (χ4v) is 4.19. The van der Waals surface area contributed by atoms with Gasteiger partial charge in [0.05, 0.1) is 9.13 Å². The molecular formula is C27H22IN3O6. The highest BCUT2D eigenvalue weighted by atomic mass is 127. The number of nitrogens with one attached hydrogen (secondary N) is 2. The molecule has 3 aromatic carbocycles. The summed E-state index contributed by atoms with van der Waals surface area (Å²) < 4.78 is 6.62. The van der Waals surface area contributed by atoms with Crippen molar-refractivity contribution in [3.8, 4) is 5.75 Å². The molecule has 1 aliphatic rings. The number of carbonyl (C=O) groups is 4. The van der Waals surface area contributed by atoms with E-state index in [1.807, 2.05) is 19.1 Å². The molecule has 10 heteroatoms. The van der Waals surface area contributed by atoms with Crippen LogP contribution in [0.3, 0.4) is 0 Å². The van der Waals surface area contributed by atoms with Gasteiger partial charge in [-0.15, -0.1) is 0 Å². The van der Waals surface area contributed by atoms with E-state index in [1.54, 1.807) is 42.5 Å². The summed E-state index contributed by atoms with van der Waals surface area (Å²) in [6.07, 6.45) is 1.54. The monoisotopic (exact) mass is 611 g/mol. The van der Waals surface area contributed by atoms with Crippen molar-refractivity contribution >= 4 is 58.2 Å². The number of carboxylic acid groups (broad SMARTS) is 1. The van der Waals surface area contributed by atoms with Crippen LogP contribution in [0.1, 0.15) is 27.0 Å². The second kappa shape index (κ2) is 11.2. The van der Waals surface area contributed by atoms with Gasteiger partial charge in [-0.3, -0.25) is 9.59 Å². The van der Waals surface area contributed by atoms with Crippen LogP contribution < -0.4 is 15.4 Å². The highest BCUT2D eigenvalue weighted by Gasteiger charge is 2.34. The quantitative estimate of drug-likeness (QED) is 0.197. The van der Waals surface area contributed by atoms with Crippen LogP contribution in [0.2, 0.25) is 0 Å². The maximum absolute atomic E-state index is 12.8. The molecule has 0 saturated carbocycles. The van der Waals surface area contributed by atoms with Crippen LogP contribution in [0.4, 0.5) is 10.5 Å². The molecule has 4 rings (SSSR count). The van der Waals surface area contributed by atoms with Crippen LogP contribution in [0.15, 0.2) is 72.4 Å². The Balaban J connectivity index is 1.37. The lowest BCUT2D eigenvalue weighted by Crippen LogP contribution is -2.38. The minimum Gasteiger partial charge on any atom is -0.488 e. The molecule has 9 nitrogen and oxygen atoms in total. The van der Waals surface area contributed by atoms with Gasteiger partial charge in [-0.05, 0) is 83.1 Å². The summed E-state index contributed by atoms with van der Waals surface area (Å²) in [7, 11) is 0. The summed E-state index contributed by atoms with van der Waals surface area (Å²) in [4.78, 5) is 49.3. The normalized spacial score (nSPS) is 14.0. The first-order valence-electron chi connectivity index (χ1n) is 11.2. The topological polar surface area (TPSA) is 125 Å². The van der Waals surface area contributed by atoms with E-state index >= 15 is 0 Å². The number of hydrogen-bond donors (Lipinski definition) is 3. The summed E-state index contributed by atoms with van der Waals surface area (Å²) in [6, 6.07) is 18.2. The van der Waals surface area contributed by atoms with Crippen LogP contribution in [-0.4, -0.2) is 40.4 Å². The Morgan fingerprint density at radius 1 is 1.05 bits per heavy atom. The van der Waals surface area contributed by atoms with Gasteiger partial charge < -0.3 is 20.5 Å². The maximum atomic E-state index is 12.8. The molecule has 0 radical (unpaired) electrons. The zero-order valence-corrected chi connectivity index (χ0v) is 21.8. The predicted octanol–water partition coefficient (Wildman–Crippen LogP) is 4.41. The van der Waals surface area contributed by atoms with Gasteiger partial charge in [0, 0.05) is 5.69 Å². The molecule has 0 aliphatic carbocycles. The van der Waals surface area contributed by atoms with Crippen LogP contribution >= 0.6 is 22.6 Å². The molecule has 3 N–H and O–H groups in total. The van der Waals surface area contributed by atoms with E-state index in [1.165, 1.54) is 18.2 Å². The minimum atomic E-state index is -0.989. The Hall–Kier alpha value is -4.19. The van der Waals surface area contributed by atoms with Gasteiger partial charge in [0.2, 0.25) is 5.91 Å². The number of anilines is 1. The number of nitrogens with zero attached hydrogens (tertiary/aromatic N) is 1. The lowest BCUT2D eigenvalue weighted by molar-refractivity contribution is -0.127. The zero-order chi connectivity index (χ0) is 26.5. The van der Waals surface area contributed by atoms with E-state index in [9.17, 15) is 19.2 Å². The fourth-order valence-electron chi connectivity index (χ4n) is 3.49. The smallest absolute Gasteiger partial charge is 0.335 e. The molecular weight excluding hydrogens is 589 g/mol. The Kier molecular flexibility index (Phi) is 7.87. The van der Waals surface area contributed by atoms with Crippen LogP contribution in [0, 0.1) is 10.5 Å². The molecule has 0 aromatic heterocycles. The average molecular weight is 611 g/mol. The van der Waals surface area contributed by atoms with Gasteiger partial charge in [-0.2, -0.15) is 0 Å². The minimum absolute atomic E-state index is 0.0659. The average Bonchev–Trinajstić information content (AvgIpc) is 3.12. The van der Waals surface area contributed by atoms with E-state index < -0.39 is 30.4 Å². The molecule has 0 bridgehead atoms. The predicted molar refractivity (Wildman–Crippen MR) is 145 cm³/mol. The molecule has 0 spiro atoms. The van der Waals surface area contributed by atoms with Gasteiger partial charge in [0.15, 0.2) is 0 Å². The molecule has 1 aliphatic heterocycles. The number of halogens is 1. The summed E-state index contributed by atoms with van der Waals surface area (Å²) in [5, 5.41) is 14.2. The van der Waals surface area contributed by atoms with Crippen molar-refractivity contribution in [2.45, 2.75) is 13.5 Å². The van der Waals surface area contributed by atoms with Gasteiger partial charge in [-0.1, -0.05) is 35.9 Å². The number of urea groups is 1. The Morgan fingerprint density at radius 3 is 2.41 bits per heavy atom. The van der Waals surface area contributed by atoms with Gasteiger partial charge in [0.1, 0.15) is 24.6 Å². The molecule has 188 valence electrons. The SMILES string of the molecule is Cc1ccc(NC(=O)CN2C(=O)N/C(=C/c3ccc(OCc4ccc(C(=O)O)cc4)c(I)c3)C2=O)cc1. The van der Waals surface area contributed by atoms with Crippen LogP contribution in [-0.2, 0) is 16.2 Å². The fraction of sp³-hybridized carbons (Fsp3) is 0.111. The third-order valence-electron chi connectivity index (χ3n) is 5.46. The van der Waals surface area contributed by atoms with Gasteiger partial charge in [0.25, 0.3) is 5.91 Å². The Morgan fingerprint density at radius 2 is 1.76 bits per heavy atom. The third-order valence-corrected chi connectivity index (χ3v) is 6.30. The number of imide groups is 1. The van der Waals surface area contributed by atoms with E-state index in [2.05, 4.69) is 33.2 Å². The number of carbonyl (C=O) groups excluding carboxylic acids is 3. The molecule has 1 heterocycles. The Bertz CT molecular complexity index is 1400. The highest BCUT2D eigenvalue weighted by molar-refractivity contribution is 14.1. The summed E-state index contributed by atoms with van der Waals surface area (Å²) in [5.41, 5.74) is 3.37. The van der Waals surface area contributed by atoms with E-state index in [0.717, 1.165) is 19.6 Å². The van der Waals surface area contributed by atoms with Crippen LogP contribution in [0.25, 0.3) is 6.08 Å². The van der Waals surface area contributed by atoms with Crippen LogP contribution in [0.5, 0.6) is 5.75 Å². The number of hydrogen-bond acceptors (Lipinski definition) is 5. The summed E-state index contributed by atoms with van der Waals surface area (Å²) >= 11 is 2.10. The second-order valence-corrected chi connectivity index (χ2v) is 9.44. The molecule has 1 saturated heterocycles. The first-order valence-corrected chi connectivity index (χ1v) is 12.2. The summed E-state index contributed by atoms with van der Waals surface area (Å²) in [5.74, 6) is -1.45. The number of aromatic carboxylic acids is 1. The number of carboxylic acids is 1. The van der Waals surface area contributed by atoms with Crippen molar-refractivity contribution in [3.05, 3.63) is 98.3 Å². The first kappa shape index (κ1) is 25.9. The Labute approximate surface area is 226 Å². The maximum Gasteiger partial charge on any atom is 0.335 e. The van der Waals surface area contributed by atoms with E-state index in [0.29, 0.717) is 17.0 Å². The van der Waals surface area contributed by atoms with E-state index in [-0.39, 0.29) is 17.9 Å². The lowest BCUT2D eigenvalue weighted by Gasteiger charge is -2.12. The van der Waals surface area contributed by atoms with Gasteiger partial charge >= 0.3 is 12.0 Å². The zero-order valence-electron chi connectivity index (χ0n) is 19.7. The molecule has 4 amide bonds.